The van der Waals surface area contributed by atoms with Crippen molar-refractivity contribution in [2.75, 3.05) is 21.3 Å². The Kier molecular flexibility index (Phi) is 6.61. The number of benzene rings is 2. The first-order valence-electron chi connectivity index (χ1n) is 9.69. The third-order valence-corrected chi connectivity index (χ3v) is 5.09. The molecule has 0 aliphatic heterocycles. The van der Waals surface area contributed by atoms with Crippen molar-refractivity contribution in [2.45, 2.75) is 25.9 Å². The van der Waals surface area contributed by atoms with Crippen molar-refractivity contribution in [3.8, 4) is 11.5 Å². The van der Waals surface area contributed by atoms with Gasteiger partial charge in [-0.15, -0.1) is 0 Å². The third-order valence-electron chi connectivity index (χ3n) is 5.09. The van der Waals surface area contributed by atoms with Gasteiger partial charge in [-0.25, -0.2) is 0 Å². The number of methoxy groups -OCH3 is 3. The predicted octanol–water partition coefficient (Wildman–Crippen LogP) is 3.71. The first-order chi connectivity index (χ1) is 14.5. The maximum atomic E-state index is 13.2. The van der Waals surface area contributed by atoms with E-state index in [0.29, 0.717) is 22.6 Å². The number of aromatic nitrogens is 1. The van der Waals surface area contributed by atoms with Crippen LogP contribution >= 0.6 is 0 Å². The molecule has 0 aliphatic carbocycles. The molecule has 30 heavy (non-hydrogen) atoms. The highest BCUT2D eigenvalue weighted by Gasteiger charge is 2.23. The molecular weight excluding hydrogens is 384 g/mol. The number of esters is 1. The lowest BCUT2D eigenvalue weighted by Crippen LogP contribution is -2.30. The number of hydrogen-bond acceptors (Lipinski definition) is 5. The Morgan fingerprint density at radius 1 is 1.03 bits per heavy atom. The molecule has 0 bridgehead atoms. The summed E-state index contributed by atoms with van der Waals surface area (Å²) in [5.41, 5.74) is 2.26. The molecular formula is C23H26N2O5. The molecule has 0 aliphatic rings. The Hall–Kier alpha value is -3.48. The molecule has 3 rings (SSSR count). The number of aryl methyl sites for hydroxylation is 1. The van der Waals surface area contributed by atoms with E-state index in [9.17, 15) is 9.59 Å². The number of hydrogen-bond donors (Lipinski definition) is 1. The zero-order valence-corrected chi connectivity index (χ0v) is 17.6. The minimum absolute atomic E-state index is 0.00978. The average molecular weight is 410 g/mol. The number of amides is 1. The molecule has 0 spiro atoms. The number of rotatable bonds is 8. The second-order valence-corrected chi connectivity index (χ2v) is 6.77. The van der Waals surface area contributed by atoms with Gasteiger partial charge in [-0.2, -0.15) is 0 Å². The highest BCUT2D eigenvalue weighted by molar-refractivity contribution is 6.07. The second-order valence-electron chi connectivity index (χ2n) is 6.77. The Balaban J connectivity index is 1.96. The summed E-state index contributed by atoms with van der Waals surface area (Å²) in [5, 5.41) is 3.85. The average Bonchev–Trinajstić information content (AvgIpc) is 3.17. The molecule has 0 fully saturated rings. The van der Waals surface area contributed by atoms with Crippen LogP contribution in [0.25, 0.3) is 10.9 Å². The molecule has 158 valence electrons. The first kappa shape index (κ1) is 21.2. The van der Waals surface area contributed by atoms with Gasteiger partial charge < -0.3 is 24.1 Å². The Morgan fingerprint density at radius 3 is 2.43 bits per heavy atom. The number of carbonyl (C=O) groups is 2. The summed E-state index contributed by atoms with van der Waals surface area (Å²) >= 11 is 0. The summed E-state index contributed by atoms with van der Waals surface area (Å²) in [6.07, 6.45) is 1.83. The Labute approximate surface area is 175 Å². The van der Waals surface area contributed by atoms with Crippen molar-refractivity contribution in [1.29, 1.82) is 0 Å². The maximum absolute atomic E-state index is 13.2. The Bertz CT molecular complexity index is 1060. The van der Waals surface area contributed by atoms with Crippen LogP contribution in [0.1, 0.15) is 35.3 Å². The van der Waals surface area contributed by atoms with E-state index in [1.54, 1.807) is 25.3 Å². The number of para-hydroxylation sites is 1. The number of ether oxygens (including phenoxy) is 3. The fourth-order valence-electron chi connectivity index (χ4n) is 3.50. The van der Waals surface area contributed by atoms with Crippen LogP contribution in [0, 0.1) is 0 Å². The molecule has 2 aromatic carbocycles. The van der Waals surface area contributed by atoms with Crippen molar-refractivity contribution in [3.63, 3.8) is 0 Å². The van der Waals surface area contributed by atoms with Crippen LogP contribution in [0.2, 0.25) is 0 Å². The van der Waals surface area contributed by atoms with E-state index in [0.717, 1.165) is 17.4 Å². The van der Waals surface area contributed by atoms with Crippen molar-refractivity contribution < 1.29 is 23.8 Å². The standard InChI is InChI=1S/C23H26N2O5/c1-5-25-14-17(16-8-6-7-9-19(16)25)23(27)24-18(13-22(26)30-4)15-10-11-20(28-2)21(12-15)29-3/h6-12,14,18H,5,13H2,1-4H3,(H,24,27). The van der Waals surface area contributed by atoms with Crippen molar-refractivity contribution in [1.82, 2.24) is 9.88 Å². The molecule has 7 nitrogen and oxygen atoms in total. The van der Waals surface area contributed by atoms with E-state index < -0.39 is 12.0 Å². The van der Waals surface area contributed by atoms with Gasteiger partial charge in [0.15, 0.2) is 11.5 Å². The maximum Gasteiger partial charge on any atom is 0.307 e. The molecule has 1 amide bonds. The fraction of sp³-hybridized carbons (Fsp3) is 0.304. The van der Waals surface area contributed by atoms with E-state index in [1.165, 1.54) is 14.2 Å². The normalized spacial score (nSPS) is 11.7. The smallest absolute Gasteiger partial charge is 0.307 e. The lowest BCUT2D eigenvalue weighted by molar-refractivity contribution is -0.141. The minimum atomic E-state index is -0.589. The van der Waals surface area contributed by atoms with Crippen LogP contribution < -0.4 is 14.8 Å². The first-order valence-corrected chi connectivity index (χ1v) is 9.69. The van der Waals surface area contributed by atoms with Gasteiger partial charge >= 0.3 is 5.97 Å². The van der Waals surface area contributed by atoms with Crippen LogP contribution in [0.5, 0.6) is 11.5 Å². The molecule has 1 atom stereocenters. The number of carbonyl (C=O) groups excluding carboxylic acids is 2. The Morgan fingerprint density at radius 2 is 1.77 bits per heavy atom. The summed E-state index contributed by atoms with van der Waals surface area (Å²) < 4.78 is 17.5. The third kappa shape index (κ3) is 4.25. The van der Waals surface area contributed by atoms with Gasteiger partial charge in [-0.05, 0) is 30.7 Å². The largest absolute Gasteiger partial charge is 0.493 e. The van der Waals surface area contributed by atoms with Crippen LogP contribution in [0.4, 0.5) is 0 Å². The minimum Gasteiger partial charge on any atom is -0.493 e. The van der Waals surface area contributed by atoms with Gasteiger partial charge in [0.05, 0.1) is 39.4 Å². The van der Waals surface area contributed by atoms with Crippen molar-refractivity contribution >= 4 is 22.8 Å². The molecule has 1 N–H and O–H groups in total. The van der Waals surface area contributed by atoms with E-state index in [-0.39, 0.29) is 12.3 Å². The fourth-order valence-corrected chi connectivity index (χ4v) is 3.50. The molecule has 0 saturated heterocycles. The number of fused-ring (bicyclic) bond motifs is 1. The van der Waals surface area contributed by atoms with Gasteiger partial charge in [-0.1, -0.05) is 24.3 Å². The quantitative estimate of drug-likeness (QED) is 0.573. The van der Waals surface area contributed by atoms with Crippen LogP contribution in [-0.2, 0) is 16.1 Å². The molecule has 7 heteroatoms. The lowest BCUT2D eigenvalue weighted by atomic mass is 10.0. The predicted molar refractivity (Wildman–Crippen MR) is 114 cm³/mol. The van der Waals surface area contributed by atoms with Crippen LogP contribution in [-0.4, -0.2) is 37.8 Å². The highest BCUT2D eigenvalue weighted by Crippen LogP contribution is 2.31. The van der Waals surface area contributed by atoms with Crippen LogP contribution in [0.15, 0.2) is 48.7 Å². The summed E-state index contributed by atoms with van der Waals surface area (Å²) in [5.74, 6) is 0.394. The van der Waals surface area contributed by atoms with Gasteiger partial charge in [0, 0.05) is 23.6 Å². The summed E-state index contributed by atoms with van der Waals surface area (Å²) in [4.78, 5) is 25.2. The zero-order valence-electron chi connectivity index (χ0n) is 17.6. The summed E-state index contributed by atoms with van der Waals surface area (Å²) in [6.45, 7) is 2.77. The summed E-state index contributed by atoms with van der Waals surface area (Å²) in [7, 11) is 4.41. The molecule has 1 heterocycles. The SMILES string of the molecule is CCn1cc(C(=O)NC(CC(=O)OC)c2ccc(OC)c(OC)c2)c2ccccc21. The van der Waals surface area contributed by atoms with E-state index in [2.05, 4.69) is 5.32 Å². The van der Waals surface area contributed by atoms with Gasteiger partial charge in [0.25, 0.3) is 5.91 Å². The second kappa shape index (κ2) is 9.35. The number of nitrogens with one attached hydrogen (secondary N) is 1. The van der Waals surface area contributed by atoms with Crippen molar-refractivity contribution in [3.05, 3.63) is 59.8 Å². The monoisotopic (exact) mass is 410 g/mol. The molecule has 0 radical (unpaired) electrons. The number of nitrogens with zero attached hydrogens (tertiary/aromatic N) is 1. The van der Waals surface area contributed by atoms with E-state index in [1.807, 2.05) is 42.0 Å². The topological polar surface area (TPSA) is 78.8 Å². The molecule has 1 unspecified atom stereocenters. The molecule has 0 saturated carbocycles. The van der Waals surface area contributed by atoms with Gasteiger partial charge in [-0.3, -0.25) is 9.59 Å². The van der Waals surface area contributed by atoms with Gasteiger partial charge in [0.1, 0.15) is 0 Å². The highest BCUT2D eigenvalue weighted by atomic mass is 16.5. The van der Waals surface area contributed by atoms with Crippen LogP contribution in [0.3, 0.4) is 0 Å². The van der Waals surface area contributed by atoms with Crippen molar-refractivity contribution in [2.24, 2.45) is 0 Å². The summed E-state index contributed by atoms with van der Waals surface area (Å²) in [6, 6.07) is 12.4. The van der Waals surface area contributed by atoms with E-state index in [4.69, 9.17) is 14.2 Å². The van der Waals surface area contributed by atoms with E-state index >= 15 is 0 Å². The molecule has 3 aromatic rings. The zero-order chi connectivity index (χ0) is 21.7. The molecule has 1 aromatic heterocycles. The lowest BCUT2D eigenvalue weighted by Gasteiger charge is -2.19. The van der Waals surface area contributed by atoms with Gasteiger partial charge in [0.2, 0.25) is 0 Å².